The van der Waals surface area contributed by atoms with Crippen LogP contribution in [0.25, 0.3) is 0 Å². The van der Waals surface area contributed by atoms with Crippen molar-refractivity contribution in [1.82, 2.24) is 20.4 Å². The molecule has 0 amide bonds. The topological polar surface area (TPSA) is 41.9 Å². The Labute approximate surface area is 91.1 Å². The summed E-state index contributed by atoms with van der Waals surface area (Å²) in [6.07, 6.45) is 6.53. The maximum atomic E-state index is 4.46. The summed E-state index contributed by atoms with van der Waals surface area (Å²) in [6.45, 7) is 4.38. The molecular weight excluding hydrogens is 188 g/mol. The molecule has 1 aliphatic heterocycles. The first-order valence-corrected chi connectivity index (χ1v) is 5.73. The summed E-state index contributed by atoms with van der Waals surface area (Å²) in [4.78, 5) is 0. The van der Waals surface area contributed by atoms with Gasteiger partial charge in [-0.25, -0.2) is 0 Å². The molecule has 0 saturated carbocycles. The Hall–Kier alpha value is -0.870. The number of nitrogens with zero attached hydrogens (tertiary/aromatic N) is 2. The lowest BCUT2D eigenvalue weighted by molar-refractivity contribution is 0.343. The average Bonchev–Trinajstić information content (AvgIpc) is 2.78. The Morgan fingerprint density at radius 2 is 2.27 bits per heavy atom. The molecule has 0 bridgehead atoms. The third-order valence-corrected chi connectivity index (χ3v) is 3.24. The lowest BCUT2D eigenvalue weighted by Gasteiger charge is -2.22. The van der Waals surface area contributed by atoms with Gasteiger partial charge in [-0.05, 0) is 39.9 Å². The minimum Gasteiger partial charge on any atom is -0.317 e. The summed E-state index contributed by atoms with van der Waals surface area (Å²) in [6, 6.07) is 0.976. The fraction of sp³-hybridized carbons (Fsp3) is 0.727. The number of rotatable bonds is 3. The number of aromatic nitrogens is 2. The van der Waals surface area contributed by atoms with Gasteiger partial charge in [0, 0.05) is 17.8 Å². The van der Waals surface area contributed by atoms with Crippen LogP contribution < -0.4 is 10.6 Å². The molecule has 4 nitrogen and oxygen atoms in total. The normalized spacial score (nSPS) is 20.4. The van der Waals surface area contributed by atoms with E-state index in [9.17, 15) is 0 Å². The molecule has 0 spiro atoms. The first-order valence-electron chi connectivity index (χ1n) is 5.73. The summed E-state index contributed by atoms with van der Waals surface area (Å²) in [5.74, 6) is 0. The van der Waals surface area contributed by atoms with Gasteiger partial charge in [0.25, 0.3) is 0 Å². The third kappa shape index (κ3) is 2.38. The summed E-state index contributed by atoms with van der Waals surface area (Å²) in [5.41, 5.74) is 1.27. The van der Waals surface area contributed by atoms with Crippen LogP contribution in [0.15, 0.2) is 12.4 Å². The number of nitrogens with one attached hydrogen (secondary N) is 2. The second kappa shape index (κ2) is 4.77. The van der Waals surface area contributed by atoms with E-state index in [0.29, 0.717) is 12.1 Å². The molecule has 0 aromatic carbocycles. The molecule has 84 valence electrons. The lowest BCUT2D eigenvalue weighted by Crippen LogP contribution is -2.29. The van der Waals surface area contributed by atoms with Crippen LogP contribution in [0.5, 0.6) is 0 Å². The van der Waals surface area contributed by atoms with Crippen molar-refractivity contribution in [3.8, 4) is 0 Å². The lowest BCUT2D eigenvalue weighted by atomic mass is 10.1. The standard InChI is InChI=1S/C11H20N4/c1-9(12-2)10-7-14-15(8-10)11-3-5-13-6-4-11/h7-9,11-13H,3-6H2,1-2H3. The quantitative estimate of drug-likeness (QED) is 0.781. The highest BCUT2D eigenvalue weighted by atomic mass is 15.3. The summed E-state index contributed by atoms with van der Waals surface area (Å²) in [7, 11) is 1.98. The van der Waals surface area contributed by atoms with Crippen molar-refractivity contribution < 1.29 is 0 Å². The molecule has 1 saturated heterocycles. The molecule has 1 atom stereocenters. The van der Waals surface area contributed by atoms with Crippen molar-refractivity contribution in [2.24, 2.45) is 0 Å². The van der Waals surface area contributed by atoms with Gasteiger partial charge in [0.2, 0.25) is 0 Å². The Morgan fingerprint density at radius 3 is 2.93 bits per heavy atom. The first kappa shape index (κ1) is 10.6. The van der Waals surface area contributed by atoms with E-state index in [0.717, 1.165) is 13.1 Å². The molecule has 1 unspecified atom stereocenters. The molecule has 1 aromatic rings. The molecule has 0 aliphatic carbocycles. The molecule has 2 N–H and O–H groups in total. The van der Waals surface area contributed by atoms with Gasteiger partial charge in [-0.1, -0.05) is 0 Å². The van der Waals surface area contributed by atoms with Gasteiger partial charge in [-0.2, -0.15) is 5.10 Å². The molecular formula is C11H20N4. The van der Waals surface area contributed by atoms with Crippen LogP contribution in [0.4, 0.5) is 0 Å². The fourth-order valence-electron chi connectivity index (χ4n) is 2.01. The maximum Gasteiger partial charge on any atom is 0.0543 e. The predicted octanol–water partition coefficient (Wildman–Crippen LogP) is 1.09. The smallest absolute Gasteiger partial charge is 0.0543 e. The Bertz CT molecular complexity index is 301. The monoisotopic (exact) mass is 208 g/mol. The predicted molar refractivity (Wildman–Crippen MR) is 60.8 cm³/mol. The average molecular weight is 208 g/mol. The van der Waals surface area contributed by atoms with E-state index in [1.54, 1.807) is 0 Å². The number of hydrogen-bond acceptors (Lipinski definition) is 3. The van der Waals surface area contributed by atoms with Crippen LogP contribution in [-0.2, 0) is 0 Å². The van der Waals surface area contributed by atoms with Crippen LogP contribution in [-0.4, -0.2) is 29.9 Å². The molecule has 15 heavy (non-hydrogen) atoms. The highest BCUT2D eigenvalue weighted by Crippen LogP contribution is 2.19. The largest absolute Gasteiger partial charge is 0.317 e. The van der Waals surface area contributed by atoms with Crippen LogP contribution in [0.2, 0.25) is 0 Å². The summed E-state index contributed by atoms with van der Waals surface area (Å²) >= 11 is 0. The van der Waals surface area contributed by atoms with E-state index >= 15 is 0 Å². The van der Waals surface area contributed by atoms with Crippen LogP contribution >= 0.6 is 0 Å². The first-order chi connectivity index (χ1) is 7.31. The van der Waals surface area contributed by atoms with Crippen molar-refractivity contribution in [2.45, 2.75) is 31.8 Å². The molecule has 4 heteroatoms. The van der Waals surface area contributed by atoms with Gasteiger partial charge >= 0.3 is 0 Å². The minimum atomic E-state index is 0.389. The van der Waals surface area contributed by atoms with Crippen molar-refractivity contribution >= 4 is 0 Å². The second-order valence-corrected chi connectivity index (χ2v) is 4.25. The van der Waals surface area contributed by atoms with Crippen molar-refractivity contribution in [3.63, 3.8) is 0 Å². The molecule has 1 aromatic heterocycles. The van der Waals surface area contributed by atoms with Crippen molar-refractivity contribution in [1.29, 1.82) is 0 Å². The zero-order chi connectivity index (χ0) is 10.7. The number of piperidine rings is 1. The molecule has 0 radical (unpaired) electrons. The van der Waals surface area contributed by atoms with E-state index in [-0.39, 0.29) is 0 Å². The summed E-state index contributed by atoms with van der Waals surface area (Å²) in [5, 5.41) is 11.1. The van der Waals surface area contributed by atoms with Gasteiger partial charge < -0.3 is 10.6 Å². The second-order valence-electron chi connectivity index (χ2n) is 4.25. The van der Waals surface area contributed by atoms with E-state index < -0.39 is 0 Å². The van der Waals surface area contributed by atoms with E-state index in [2.05, 4.69) is 33.5 Å². The van der Waals surface area contributed by atoms with Crippen LogP contribution in [0, 0.1) is 0 Å². The van der Waals surface area contributed by atoms with Crippen LogP contribution in [0.1, 0.15) is 37.4 Å². The van der Waals surface area contributed by atoms with Crippen LogP contribution in [0.3, 0.4) is 0 Å². The summed E-state index contributed by atoms with van der Waals surface area (Å²) < 4.78 is 2.13. The third-order valence-electron chi connectivity index (χ3n) is 3.24. The minimum absolute atomic E-state index is 0.389. The molecule has 2 heterocycles. The van der Waals surface area contributed by atoms with Crippen molar-refractivity contribution in [3.05, 3.63) is 18.0 Å². The van der Waals surface area contributed by atoms with Gasteiger partial charge in [0.1, 0.15) is 0 Å². The zero-order valence-corrected chi connectivity index (χ0v) is 9.53. The van der Waals surface area contributed by atoms with Gasteiger partial charge in [0.15, 0.2) is 0 Å². The SMILES string of the molecule is CNC(C)c1cnn(C2CCNCC2)c1. The Kier molecular flexibility index (Phi) is 3.38. The molecule has 1 fully saturated rings. The van der Waals surface area contributed by atoms with Gasteiger partial charge in [-0.3, -0.25) is 4.68 Å². The Balaban J connectivity index is 2.05. The van der Waals surface area contributed by atoms with E-state index in [1.807, 2.05) is 13.2 Å². The molecule has 2 rings (SSSR count). The fourth-order valence-corrected chi connectivity index (χ4v) is 2.01. The number of hydrogen-bond donors (Lipinski definition) is 2. The van der Waals surface area contributed by atoms with Gasteiger partial charge in [-0.15, -0.1) is 0 Å². The maximum absolute atomic E-state index is 4.46. The Morgan fingerprint density at radius 1 is 1.53 bits per heavy atom. The zero-order valence-electron chi connectivity index (χ0n) is 9.53. The highest BCUT2D eigenvalue weighted by Gasteiger charge is 2.16. The van der Waals surface area contributed by atoms with Gasteiger partial charge in [0.05, 0.1) is 12.2 Å². The van der Waals surface area contributed by atoms with Crippen molar-refractivity contribution in [2.75, 3.05) is 20.1 Å². The van der Waals surface area contributed by atoms with E-state index in [4.69, 9.17) is 0 Å². The van der Waals surface area contributed by atoms with E-state index in [1.165, 1.54) is 18.4 Å². The highest BCUT2D eigenvalue weighted by molar-refractivity contribution is 5.09. The molecule has 1 aliphatic rings.